The Morgan fingerprint density at radius 3 is 2.03 bits per heavy atom. The normalized spacial score (nSPS) is 11.7. The van der Waals surface area contributed by atoms with Crippen LogP contribution in [0.4, 0.5) is 0 Å². The number of carbonyl (C=O) groups is 2. The molecule has 0 spiro atoms. The number of rotatable bonds is 10. The molecule has 9 nitrogen and oxygen atoms in total. The summed E-state index contributed by atoms with van der Waals surface area (Å²) in [6.07, 6.45) is 0.576. The number of carboxylic acids is 1. The summed E-state index contributed by atoms with van der Waals surface area (Å²) in [5.41, 5.74) is 13.1. The van der Waals surface area contributed by atoms with Gasteiger partial charge in [0.05, 0.1) is 4.88 Å². The summed E-state index contributed by atoms with van der Waals surface area (Å²) in [6, 6.07) is 14.4. The number of carboxylic acid groups (broad SMARTS) is 1. The van der Waals surface area contributed by atoms with Crippen molar-refractivity contribution in [2.75, 3.05) is 6.54 Å². The van der Waals surface area contributed by atoms with E-state index in [2.05, 4.69) is 10.3 Å². The molecule has 0 radical (unpaired) electrons. The van der Waals surface area contributed by atoms with Gasteiger partial charge in [0.15, 0.2) is 5.96 Å². The number of thiophene rings is 1. The molecular formula is C25H28N4O5S. The van der Waals surface area contributed by atoms with Gasteiger partial charge >= 0.3 is 5.97 Å². The van der Waals surface area contributed by atoms with Gasteiger partial charge in [-0.1, -0.05) is 24.3 Å². The van der Waals surface area contributed by atoms with E-state index in [0.29, 0.717) is 11.3 Å². The minimum absolute atomic E-state index is 0.0699. The first-order chi connectivity index (χ1) is 16.7. The Kier molecular flexibility index (Phi) is 8.32. The van der Waals surface area contributed by atoms with E-state index in [1.54, 1.807) is 55.5 Å². The number of nitrogens with one attached hydrogen (secondary N) is 1. The lowest BCUT2D eigenvalue weighted by Crippen LogP contribution is -2.40. The molecule has 0 saturated heterocycles. The molecule has 0 aliphatic rings. The zero-order valence-electron chi connectivity index (χ0n) is 19.1. The van der Waals surface area contributed by atoms with Crippen molar-refractivity contribution in [3.63, 3.8) is 0 Å². The molecule has 1 amide bonds. The van der Waals surface area contributed by atoms with Crippen LogP contribution in [0, 0.1) is 6.92 Å². The van der Waals surface area contributed by atoms with Gasteiger partial charge in [0.2, 0.25) is 0 Å². The minimum atomic E-state index is -1.14. The molecule has 8 N–H and O–H groups in total. The first-order valence-corrected chi connectivity index (χ1v) is 11.7. The highest BCUT2D eigenvalue weighted by atomic mass is 32.1. The number of hydrogen-bond donors (Lipinski definition) is 6. The summed E-state index contributed by atoms with van der Waals surface area (Å²) in [5.74, 6) is -1.65. The van der Waals surface area contributed by atoms with Crippen LogP contribution in [0.5, 0.6) is 11.5 Å². The standard InChI is InChI=1S/C25H28N4O5S/c1-14-13-20(21(15-4-8-17(30)9-5-15)16-6-10-18(31)11-7-16)35-22(14)23(32)29-19(24(33)34)3-2-12-28-25(26)27/h4-11,13,19,21,30-31H,2-3,12H2,1H3,(H,29,32)(H,33,34)(H4,26,27,28)/t19-/m0/s1. The number of carbonyl (C=O) groups excluding carboxylic acids is 1. The lowest BCUT2D eigenvalue weighted by atomic mass is 9.89. The Labute approximate surface area is 206 Å². The Morgan fingerprint density at radius 1 is 1.00 bits per heavy atom. The molecule has 10 heteroatoms. The quantitative estimate of drug-likeness (QED) is 0.142. The fraction of sp³-hybridized carbons (Fsp3) is 0.240. The van der Waals surface area contributed by atoms with Crippen LogP contribution in [0.15, 0.2) is 59.6 Å². The number of guanidine groups is 1. The second kappa shape index (κ2) is 11.4. The molecule has 0 bridgehead atoms. The average molecular weight is 497 g/mol. The Morgan fingerprint density at radius 2 is 1.54 bits per heavy atom. The van der Waals surface area contributed by atoms with Crippen LogP contribution < -0.4 is 16.8 Å². The number of hydrogen-bond acceptors (Lipinski definition) is 6. The van der Waals surface area contributed by atoms with E-state index in [0.717, 1.165) is 21.6 Å². The number of nitrogens with zero attached hydrogens (tertiary/aromatic N) is 1. The number of aliphatic carboxylic acids is 1. The molecule has 1 aromatic heterocycles. The van der Waals surface area contributed by atoms with E-state index in [1.807, 2.05) is 6.07 Å². The third-order valence-corrected chi connectivity index (χ3v) is 6.73. The van der Waals surface area contributed by atoms with Gasteiger partial charge in [-0.15, -0.1) is 11.3 Å². The van der Waals surface area contributed by atoms with Crippen LogP contribution in [-0.2, 0) is 4.79 Å². The second-order valence-corrected chi connectivity index (χ2v) is 9.17. The van der Waals surface area contributed by atoms with Crippen molar-refractivity contribution in [1.82, 2.24) is 5.32 Å². The maximum Gasteiger partial charge on any atom is 0.326 e. The predicted molar refractivity (Wildman–Crippen MR) is 135 cm³/mol. The third kappa shape index (κ3) is 6.73. The van der Waals surface area contributed by atoms with E-state index >= 15 is 0 Å². The number of aliphatic imine (C=N–C) groups is 1. The molecular weight excluding hydrogens is 468 g/mol. The molecule has 0 fully saturated rings. The number of phenols is 2. The Hall–Kier alpha value is -4.05. The molecule has 0 saturated carbocycles. The SMILES string of the molecule is Cc1cc(C(c2ccc(O)cc2)c2ccc(O)cc2)sc1C(=O)N[C@@H](CCCN=C(N)N)C(=O)O. The highest BCUT2D eigenvalue weighted by Gasteiger charge is 2.25. The van der Waals surface area contributed by atoms with Crippen LogP contribution in [0.1, 0.15) is 50.0 Å². The van der Waals surface area contributed by atoms with Crippen molar-refractivity contribution in [1.29, 1.82) is 0 Å². The predicted octanol–water partition coefficient (Wildman–Crippen LogP) is 2.88. The molecule has 184 valence electrons. The summed E-state index contributed by atoms with van der Waals surface area (Å²) in [6.45, 7) is 2.07. The lowest BCUT2D eigenvalue weighted by Gasteiger charge is -2.17. The van der Waals surface area contributed by atoms with Crippen LogP contribution in [0.3, 0.4) is 0 Å². The summed E-state index contributed by atoms with van der Waals surface area (Å²) in [4.78, 5) is 29.8. The molecule has 1 atom stereocenters. The van der Waals surface area contributed by atoms with Crippen LogP contribution in [0.25, 0.3) is 0 Å². The fourth-order valence-corrected chi connectivity index (χ4v) is 4.95. The van der Waals surface area contributed by atoms with Crippen molar-refractivity contribution in [2.24, 2.45) is 16.5 Å². The molecule has 2 aromatic carbocycles. The minimum Gasteiger partial charge on any atom is -0.508 e. The summed E-state index contributed by atoms with van der Waals surface area (Å²) in [7, 11) is 0. The largest absolute Gasteiger partial charge is 0.508 e. The maximum atomic E-state index is 13.0. The highest BCUT2D eigenvalue weighted by Crippen LogP contribution is 2.38. The molecule has 1 heterocycles. The number of benzene rings is 2. The van der Waals surface area contributed by atoms with Gasteiger partial charge in [0.1, 0.15) is 17.5 Å². The first-order valence-electron chi connectivity index (χ1n) is 10.9. The van der Waals surface area contributed by atoms with Crippen LogP contribution >= 0.6 is 11.3 Å². The summed E-state index contributed by atoms with van der Waals surface area (Å²) < 4.78 is 0. The van der Waals surface area contributed by atoms with Gasteiger partial charge in [-0.05, 0) is 66.8 Å². The Bertz CT molecular complexity index is 1160. The van der Waals surface area contributed by atoms with E-state index in [-0.39, 0.29) is 36.3 Å². The van der Waals surface area contributed by atoms with E-state index in [4.69, 9.17) is 11.5 Å². The van der Waals surface area contributed by atoms with E-state index in [1.165, 1.54) is 11.3 Å². The van der Waals surface area contributed by atoms with Gasteiger partial charge in [0.25, 0.3) is 5.91 Å². The molecule has 0 unspecified atom stereocenters. The number of amides is 1. The number of aryl methyl sites for hydroxylation is 1. The molecule has 35 heavy (non-hydrogen) atoms. The number of phenolic OH excluding ortho intramolecular Hbond substituents is 2. The van der Waals surface area contributed by atoms with Crippen LogP contribution in [0.2, 0.25) is 0 Å². The molecule has 3 aromatic rings. The number of nitrogens with two attached hydrogens (primary N) is 2. The summed E-state index contributed by atoms with van der Waals surface area (Å²) >= 11 is 1.27. The van der Waals surface area contributed by atoms with Crippen molar-refractivity contribution in [2.45, 2.75) is 31.7 Å². The van der Waals surface area contributed by atoms with Crippen molar-refractivity contribution in [3.05, 3.63) is 81.0 Å². The van der Waals surface area contributed by atoms with Crippen molar-refractivity contribution >= 4 is 29.2 Å². The second-order valence-electron chi connectivity index (χ2n) is 8.09. The average Bonchev–Trinajstić information content (AvgIpc) is 3.19. The van der Waals surface area contributed by atoms with Gasteiger partial charge in [-0.2, -0.15) is 0 Å². The molecule has 0 aliphatic carbocycles. The topological polar surface area (TPSA) is 171 Å². The molecule has 0 aliphatic heterocycles. The summed E-state index contributed by atoms with van der Waals surface area (Å²) in [5, 5.41) is 31.6. The highest BCUT2D eigenvalue weighted by molar-refractivity contribution is 7.14. The first kappa shape index (κ1) is 25.6. The smallest absolute Gasteiger partial charge is 0.326 e. The fourth-order valence-electron chi connectivity index (χ4n) is 3.71. The monoisotopic (exact) mass is 496 g/mol. The van der Waals surface area contributed by atoms with E-state index < -0.39 is 17.9 Å². The third-order valence-electron chi connectivity index (χ3n) is 5.43. The van der Waals surface area contributed by atoms with Gasteiger partial charge < -0.3 is 32.1 Å². The molecule has 3 rings (SSSR count). The zero-order valence-corrected chi connectivity index (χ0v) is 20.0. The number of aromatic hydroxyl groups is 2. The van der Waals surface area contributed by atoms with Gasteiger partial charge in [-0.25, -0.2) is 4.79 Å². The zero-order chi connectivity index (χ0) is 25.5. The van der Waals surface area contributed by atoms with Crippen molar-refractivity contribution in [3.8, 4) is 11.5 Å². The lowest BCUT2D eigenvalue weighted by molar-refractivity contribution is -0.139. The van der Waals surface area contributed by atoms with Crippen LogP contribution in [-0.4, -0.2) is 45.7 Å². The maximum absolute atomic E-state index is 13.0. The van der Waals surface area contributed by atoms with Gasteiger partial charge in [-0.3, -0.25) is 9.79 Å². The van der Waals surface area contributed by atoms with Gasteiger partial charge in [0, 0.05) is 17.3 Å². The Balaban J connectivity index is 1.87. The van der Waals surface area contributed by atoms with E-state index in [9.17, 15) is 24.9 Å². The van der Waals surface area contributed by atoms with Crippen molar-refractivity contribution < 1.29 is 24.9 Å².